The van der Waals surface area contributed by atoms with Gasteiger partial charge in [0.2, 0.25) is 0 Å². The van der Waals surface area contributed by atoms with E-state index in [1.807, 2.05) is 0 Å². The van der Waals surface area contributed by atoms with E-state index in [2.05, 4.69) is 13.8 Å². The van der Waals surface area contributed by atoms with Crippen LogP contribution >= 0.6 is 0 Å². The fourth-order valence-electron chi connectivity index (χ4n) is 3.23. The van der Waals surface area contributed by atoms with Crippen molar-refractivity contribution in [3.8, 4) is 0 Å². The van der Waals surface area contributed by atoms with Crippen LogP contribution in [0.3, 0.4) is 0 Å². The van der Waals surface area contributed by atoms with Crippen molar-refractivity contribution in [1.82, 2.24) is 0 Å². The third kappa shape index (κ3) is 18.2. The van der Waals surface area contributed by atoms with Crippen LogP contribution in [-0.4, -0.2) is 8.96 Å². The predicted molar refractivity (Wildman–Crippen MR) is 106 cm³/mol. The monoisotopic (exact) mass is 327 g/mol. The van der Waals surface area contributed by atoms with Crippen LogP contribution in [0.2, 0.25) is 12.1 Å². The second-order valence-electron chi connectivity index (χ2n) is 7.29. The van der Waals surface area contributed by atoms with Gasteiger partial charge < -0.3 is 5.40 Å². The van der Waals surface area contributed by atoms with Gasteiger partial charge in [-0.15, -0.1) is 0 Å². The second kappa shape index (κ2) is 19.2. The molecule has 0 aromatic heterocycles. The highest BCUT2D eigenvalue weighted by atomic mass is 28.3. The molecule has 0 amide bonds. The summed E-state index contributed by atoms with van der Waals surface area (Å²) >= 11 is 0. The summed E-state index contributed by atoms with van der Waals surface area (Å²) in [6, 6.07) is 2.79. The number of unbranched alkanes of at least 4 members (excludes halogenated alkanes) is 14. The summed E-state index contributed by atoms with van der Waals surface area (Å²) < 4.78 is 0. The summed E-state index contributed by atoms with van der Waals surface area (Å²) in [6.45, 7) is 4.58. The van der Waals surface area contributed by atoms with E-state index < -0.39 is 8.96 Å². The van der Waals surface area contributed by atoms with Gasteiger partial charge in [0.05, 0.1) is 0 Å². The van der Waals surface area contributed by atoms with E-state index in [4.69, 9.17) is 5.40 Å². The summed E-state index contributed by atoms with van der Waals surface area (Å²) in [6.07, 6.45) is 22.9. The van der Waals surface area contributed by atoms with Gasteiger partial charge in [0.25, 0.3) is 0 Å². The quantitative estimate of drug-likeness (QED) is 0.214. The van der Waals surface area contributed by atoms with Gasteiger partial charge >= 0.3 is 0 Å². The van der Waals surface area contributed by atoms with Gasteiger partial charge in [-0.2, -0.15) is 0 Å². The van der Waals surface area contributed by atoms with Gasteiger partial charge in [-0.1, -0.05) is 117 Å². The maximum atomic E-state index is 6.37. The lowest BCUT2D eigenvalue weighted by atomic mass is 10.1. The highest BCUT2D eigenvalue weighted by Crippen LogP contribution is 2.14. The summed E-state index contributed by atoms with van der Waals surface area (Å²) in [5.74, 6) is 0. The van der Waals surface area contributed by atoms with Gasteiger partial charge in [-0.05, 0) is 12.1 Å². The van der Waals surface area contributed by atoms with E-state index in [0.717, 1.165) is 0 Å². The highest BCUT2D eigenvalue weighted by Gasteiger charge is 2.04. The SMILES string of the molecule is CCCCCCCCCC[SiH](N)CCCCCCCCCC. The molecule has 22 heavy (non-hydrogen) atoms. The van der Waals surface area contributed by atoms with Crippen LogP contribution in [0.25, 0.3) is 0 Å². The Kier molecular flexibility index (Phi) is 19.4. The zero-order valence-corrected chi connectivity index (χ0v) is 17.0. The Bertz CT molecular complexity index is 176. The number of nitrogens with two attached hydrogens (primary N) is 1. The lowest BCUT2D eigenvalue weighted by Gasteiger charge is -2.09. The molecule has 0 unspecified atom stereocenters. The maximum Gasteiger partial charge on any atom is 0.106 e. The van der Waals surface area contributed by atoms with Crippen LogP contribution in [0.1, 0.15) is 117 Å². The summed E-state index contributed by atoms with van der Waals surface area (Å²) in [5, 5.41) is 6.37. The van der Waals surface area contributed by atoms with Crippen molar-refractivity contribution < 1.29 is 0 Å². The van der Waals surface area contributed by atoms with Crippen molar-refractivity contribution in [2.75, 3.05) is 0 Å². The molecule has 0 heterocycles. The molecule has 0 spiro atoms. The van der Waals surface area contributed by atoms with Gasteiger partial charge in [0.15, 0.2) is 0 Å². The Balaban J connectivity index is 3.11. The third-order valence-electron chi connectivity index (χ3n) is 4.86. The third-order valence-corrected chi connectivity index (χ3v) is 7.16. The predicted octanol–water partition coefficient (Wildman–Crippen LogP) is 6.95. The van der Waals surface area contributed by atoms with Crippen molar-refractivity contribution >= 4 is 8.96 Å². The maximum absolute atomic E-state index is 6.37. The Morgan fingerprint density at radius 2 is 0.727 bits per heavy atom. The first-order chi connectivity index (χ1) is 10.8. The molecule has 0 rings (SSSR count). The molecule has 0 radical (unpaired) electrons. The van der Waals surface area contributed by atoms with Gasteiger partial charge in [0, 0.05) is 0 Å². The number of rotatable bonds is 18. The molecule has 0 aliphatic heterocycles. The first kappa shape index (κ1) is 22.2. The summed E-state index contributed by atoms with van der Waals surface area (Å²) in [5.41, 5.74) is 0. The Morgan fingerprint density at radius 3 is 1.05 bits per heavy atom. The van der Waals surface area contributed by atoms with Crippen LogP contribution < -0.4 is 5.40 Å². The van der Waals surface area contributed by atoms with E-state index >= 15 is 0 Å². The van der Waals surface area contributed by atoms with Crippen molar-refractivity contribution in [3.63, 3.8) is 0 Å². The van der Waals surface area contributed by atoms with E-state index in [9.17, 15) is 0 Å². The topological polar surface area (TPSA) is 26.0 Å². The van der Waals surface area contributed by atoms with Gasteiger partial charge in [0.1, 0.15) is 8.96 Å². The van der Waals surface area contributed by atoms with Crippen molar-refractivity contribution in [1.29, 1.82) is 0 Å². The molecule has 0 aromatic rings. The summed E-state index contributed by atoms with van der Waals surface area (Å²) in [4.78, 5) is 0. The highest BCUT2D eigenvalue weighted by molar-refractivity contribution is 6.55. The fraction of sp³-hybridized carbons (Fsp3) is 1.00. The molecule has 2 heteroatoms. The van der Waals surface area contributed by atoms with Crippen LogP contribution in [0, 0.1) is 0 Å². The zero-order chi connectivity index (χ0) is 16.3. The molecule has 0 aliphatic rings. The van der Waals surface area contributed by atoms with E-state index in [-0.39, 0.29) is 0 Å². The average Bonchev–Trinajstić information content (AvgIpc) is 2.52. The molecule has 0 fully saturated rings. The van der Waals surface area contributed by atoms with Gasteiger partial charge in [-0.25, -0.2) is 0 Å². The Labute approximate surface area is 143 Å². The van der Waals surface area contributed by atoms with Crippen molar-refractivity contribution in [2.24, 2.45) is 5.40 Å². The molecule has 0 saturated heterocycles. The molecular formula is C20H45NSi. The minimum atomic E-state index is -0.842. The largest absolute Gasteiger partial charge is 0.353 e. The van der Waals surface area contributed by atoms with Crippen LogP contribution in [-0.2, 0) is 0 Å². The Hall–Kier alpha value is 0.177. The molecule has 134 valence electrons. The Morgan fingerprint density at radius 1 is 0.455 bits per heavy atom. The van der Waals surface area contributed by atoms with Crippen molar-refractivity contribution in [2.45, 2.75) is 129 Å². The zero-order valence-electron chi connectivity index (χ0n) is 15.9. The molecule has 0 aliphatic carbocycles. The van der Waals surface area contributed by atoms with Crippen LogP contribution in [0.4, 0.5) is 0 Å². The molecule has 2 N–H and O–H groups in total. The first-order valence-electron chi connectivity index (χ1n) is 10.6. The fourth-order valence-corrected chi connectivity index (χ4v) is 5.14. The lowest BCUT2D eigenvalue weighted by Crippen LogP contribution is -2.24. The minimum Gasteiger partial charge on any atom is -0.353 e. The molecule has 0 bridgehead atoms. The van der Waals surface area contributed by atoms with E-state index in [1.165, 1.54) is 115 Å². The second-order valence-corrected chi connectivity index (χ2v) is 9.96. The average molecular weight is 328 g/mol. The molecular weight excluding hydrogens is 282 g/mol. The molecule has 0 saturated carbocycles. The van der Waals surface area contributed by atoms with E-state index in [1.54, 1.807) is 0 Å². The van der Waals surface area contributed by atoms with Crippen molar-refractivity contribution in [3.05, 3.63) is 0 Å². The molecule has 0 aromatic carbocycles. The lowest BCUT2D eigenvalue weighted by molar-refractivity contribution is 0.580. The van der Waals surface area contributed by atoms with Crippen LogP contribution in [0.5, 0.6) is 0 Å². The number of hydrogen-bond acceptors (Lipinski definition) is 1. The van der Waals surface area contributed by atoms with Crippen LogP contribution in [0.15, 0.2) is 0 Å². The summed E-state index contributed by atoms with van der Waals surface area (Å²) in [7, 11) is -0.842. The number of hydrogen-bond donors (Lipinski definition) is 1. The normalized spacial score (nSPS) is 11.5. The standard InChI is InChI=1S/C20H45NSi/c1-3-5-7-9-11-13-15-17-19-22(21)20-18-16-14-12-10-8-6-4-2/h22H,3-21H2,1-2H3. The first-order valence-corrected chi connectivity index (χ1v) is 12.9. The smallest absolute Gasteiger partial charge is 0.106 e. The minimum absolute atomic E-state index is 0.842. The van der Waals surface area contributed by atoms with E-state index in [0.29, 0.717) is 0 Å². The van der Waals surface area contributed by atoms with Gasteiger partial charge in [-0.3, -0.25) is 0 Å². The molecule has 0 atom stereocenters. The molecule has 1 nitrogen and oxygen atoms in total.